The summed E-state index contributed by atoms with van der Waals surface area (Å²) in [6.07, 6.45) is 1.62. The van der Waals surface area contributed by atoms with E-state index in [1.165, 1.54) is 22.9 Å². The molecule has 1 aliphatic heterocycles. The van der Waals surface area contributed by atoms with Crippen molar-refractivity contribution in [1.82, 2.24) is 0 Å². The zero-order chi connectivity index (χ0) is 14.6. The van der Waals surface area contributed by atoms with Gasteiger partial charge in [-0.05, 0) is 41.5 Å². The highest BCUT2D eigenvalue weighted by Crippen LogP contribution is 2.53. The standard InChI is InChI=1S/C18H20BrNO/c1-18(2)16(15-7-8-21-17(15)18)20-14-6-4-11-9-13(19)5-3-12(11)10-14/h3-6,9-10,15-17,20H,7-8H2,1-2H3. The van der Waals surface area contributed by atoms with E-state index >= 15 is 0 Å². The van der Waals surface area contributed by atoms with Crippen LogP contribution in [0.2, 0.25) is 0 Å². The normalized spacial score (nSPS) is 30.0. The third-order valence-electron chi connectivity index (χ3n) is 5.22. The minimum absolute atomic E-state index is 0.218. The minimum Gasteiger partial charge on any atom is -0.381 e. The molecule has 0 bridgehead atoms. The van der Waals surface area contributed by atoms with Crippen molar-refractivity contribution in [3.05, 3.63) is 40.9 Å². The second-order valence-electron chi connectivity index (χ2n) is 6.89. The Morgan fingerprint density at radius 2 is 1.90 bits per heavy atom. The number of hydrogen-bond donors (Lipinski definition) is 1. The molecule has 2 aliphatic rings. The fourth-order valence-corrected chi connectivity index (χ4v) is 4.48. The van der Waals surface area contributed by atoms with Crippen molar-refractivity contribution in [1.29, 1.82) is 0 Å². The minimum atomic E-state index is 0.218. The van der Waals surface area contributed by atoms with E-state index in [1.54, 1.807) is 0 Å². The summed E-state index contributed by atoms with van der Waals surface area (Å²) in [5, 5.41) is 6.30. The molecule has 1 heterocycles. The maximum absolute atomic E-state index is 5.87. The average Bonchev–Trinajstić information content (AvgIpc) is 2.91. The van der Waals surface area contributed by atoms with Crippen LogP contribution in [0, 0.1) is 11.3 Å². The molecule has 1 N–H and O–H groups in total. The summed E-state index contributed by atoms with van der Waals surface area (Å²) in [4.78, 5) is 0. The Bertz CT molecular complexity index is 697. The molecule has 2 aromatic carbocycles. The molecule has 21 heavy (non-hydrogen) atoms. The van der Waals surface area contributed by atoms with E-state index in [-0.39, 0.29) is 5.41 Å². The lowest BCUT2D eigenvalue weighted by Crippen LogP contribution is -2.63. The van der Waals surface area contributed by atoms with Gasteiger partial charge in [0.25, 0.3) is 0 Å². The molecule has 3 heteroatoms. The van der Waals surface area contributed by atoms with Crippen molar-refractivity contribution in [2.24, 2.45) is 11.3 Å². The van der Waals surface area contributed by atoms with Gasteiger partial charge in [-0.3, -0.25) is 0 Å². The average molecular weight is 346 g/mol. The summed E-state index contributed by atoms with van der Waals surface area (Å²) in [5.41, 5.74) is 1.43. The smallest absolute Gasteiger partial charge is 0.0694 e. The molecular formula is C18H20BrNO. The van der Waals surface area contributed by atoms with Crippen molar-refractivity contribution in [3.63, 3.8) is 0 Å². The Labute approximate surface area is 134 Å². The van der Waals surface area contributed by atoms with E-state index in [0.29, 0.717) is 18.1 Å². The SMILES string of the molecule is CC1(C)C(Nc2ccc3cc(Br)ccc3c2)C2CCOC21. The van der Waals surface area contributed by atoms with Gasteiger partial charge in [0.2, 0.25) is 0 Å². The molecule has 3 atom stereocenters. The summed E-state index contributed by atoms with van der Waals surface area (Å²) >= 11 is 3.53. The van der Waals surface area contributed by atoms with E-state index in [0.717, 1.165) is 11.1 Å². The van der Waals surface area contributed by atoms with E-state index < -0.39 is 0 Å². The molecule has 1 saturated carbocycles. The van der Waals surface area contributed by atoms with Crippen molar-refractivity contribution < 1.29 is 4.74 Å². The second-order valence-corrected chi connectivity index (χ2v) is 7.81. The first-order valence-corrected chi connectivity index (χ1v) is 8.42. The molecule has 3 unspecified atom stereocenters. The summed E-state index contributed by atoms with van der Waals surface area (Å²) in [6, 6.07) is 13.6. The van der Waals surface area contributed by atoms with E-state index in [1.807, 2.05) is 0 Å². The van der Waals surface area contributed by atoms with Crippen LogP contribution in [0.4, 0.5) is 5.69 Å². The van der Waals surface area contributed by atoms with Gasteiger partial charge in [0.05, 0.1) is 6.10 Å². The molecular weight excluding hydrogens is 326 g/mol. The lowest BCUT2D eigenvalue weighted by atomic mass is 9.57. The van der Waals surface area contributed by atoms with Crippen LogP contribution in [0.15, 0.2) is 40.9 Å². The Morgan fingerprint density at radius 3 is 2.76 bits per heavy atom. The van der Waals surface area contributed by atoms with Gasteiger partial charge < -0.3 is 10.1 Å². The monoisotopic (exact) mass is 345 g/mol. The van der Waals surface area contributed by atoms with Gasteiger partial charge in [-0.25, -0.2) is 0 Å². The predicted molar refractivity (Wildman–Crippen MR) is 90.7 cm³/mol. The van der Waals surface area contributed by atoms with Crippen molar-refractivity contribution in [2.75, 3.05) is 11.9 Å². The number of ether oxygens (including phenoxy) is 1. The van der Waals surface area contributed by atoms with Gasteiger partial charge in [-0.1, -0.05) is 41.9 Å². The molecule has 2 aromatic rings. The number of nitrogens with one attached hydrogen (secondary N) is 1. The zero-order valence-corrected chi connectivity index (χ0v) is 14.0. The highest BCUT2D eigenvalue weighted by atomic mass is 79.9. The maximum atomic E-state index is 5.87. The highest BCUT2D eigenvalue weighted by molar-refractivity contribution is 9.10. The van der Waals surface area contributed by atoms with Crippen LogP contribution >= 0.6 is 15.9 Å². The second kappa shape index (κ2) is 4.72. The number of fused-ring (bicyclic) bond motifs is 2. The van der Waals surface area contributed by atoms with Crippen LogP contribution in [0.25, 0.3) is 10.8 Å². The van der Waals surface area contributed by atoms with Crippen LogP contribution in [-0.2, 0) is 4.74 Å². The van der Waals surface area contributed by atoms with Gasteiger partial charge in [-0.15, -0.1) is 0 Å². The van der Waals surface area contributed by atoms with Crippen LogP contribution in [0.1, 0.15) is 20.3 Å². The first-order chi connectivity index (χ1) is 10.1. The molecule has 1 aliphatic carbocycles. The lowest BCUT2D eigenvalue weighted by molar-refractivity contribution is -0.0923. The van der Waals surface area contributed by atoms with Crippen molar-refractivity contribution >= 4 is 32.4 Å². The number of rotatable bonds is 2. The fourth-order valence-electron chi connectivity index (χ4n) is 4.10. The van der Waals surface area contributed by atoms with E-state index in [2.05, 4.69) is 71.5 Å². The van der Waals surface area contributed by atoms with Gasteiger partial charge in [0.15, 0.2) is 0 Å². The molecule has 0 spiro atoms. The maximum Gasteiger partial charge on any atom is 0.0694 e. The summed E-state index contributed by atoms with van der Waals surface area (Å²) in [7, 11) is 0. The van der Waals surface area contributed by atoms with E-state index in [9.17, 15) is 0 Å². The number of anilines is 1. The van der Waals surface area contributed by atoms with Gasteiger partial charge in [0, 0.05) is 34.1 Å². The Morgan fingerprint density at radius 1 is 1.14 bits per heavy atom. The largest absolute Gasteiger partial charge is 0.381 e. The molecule has 0 amide bonds. The Kier molecular flexibility index (Phi) is 3.05. The summed E-state index contributed by atoms with van der Waals surface area (Å²) in [5.74, 6) is 0.667. The number of halogens is 1. The topological polar surface area (TPSA) is 21.3 Å². The fraction of sp³-hybridized carbons (Fsp3) is 0.444. The Balaban J connectivity index is 1.61. The van der Waals surface area contributed by atoms with Crippen LogP contribution < -0.4 is 5.32 Å². The van der Waals surface area contributed by atoms with E-state index in [4.69, 9.17) is 4.74 Å². The van der Waals surface area contributed by atoms with Gasteiger partial charge in [0.1, 0.15) is 0 Å². The molecule has 110 valence electrons. The number of hydrogen-bond acceptors (Lipinski definition) is 2. The molecule has 4 rings (SSSR count). The van der Waals surface area contributed by atoms with Gasteiger partial charge >= 0.3 is 0 Å². The van der Waals surface area contributed by atoms with Gasteiger partial charge in [-0.2, -0.15) is 0 Å². The zero-order valence-electron chi connectivity index (χ0n) is 12.4. The lowest BCUT2D eigenvalue weighted by Gasteiger charge is -2.55. The van der Waals surface area contributed by atoms with Crippen molar-refractivity contribution in [3.8, 4) is 0 Å². The molecule has 1 saturated heterocycles. The predicted octanol–water partition coefficient (Wildman–Crippen LogP) is 4.83. The highest BCUT2D eigenvalue weighted by Gasteiger charge is 2.59. The van der Waals surface area contributed by atoms with Crippen LogP contribution in [-0.4, -0.2) is 18.8 Å². The number of benzene rings is 2. The molecule has 2 nitrogen and oxygen atoms in total. The van der Waals surface area contributed by atoms with Crippen LogP contribution in [0.5, 0.6) is 0 Å². The Hall–Kier alpha value is -1.06. The third-order valence-corrected chi connectivity index (χ3v) is 5.72. The molecule has 0 aromatic heterocycles. The summed E-state index contributed by atoms with van der Waals surface area (Å²) < 4.78 is 7.00. The quantitative estimate of drug-likeness (QED) is 0.841. The summed E-state index contributed by atoms with van der Waals surface area (Å²) in [6.45, 7) is 5.55. The first-order valence-electron chi connectivity index (χ1n) is 7.63. The van der Waals surface area contributed by atoms with Crippen molar-refractivity contribution in [2.45, 2.75) is 32.4 Å². The molecule has 0 radical (unpaired) electrons. The van der Waals surface area contributed by atoms with Crippen LogP contribution in [0.3, 0.4) is 0 Å². The third kappa shape index (κ3) is 2.09. The first kappa shape index (κ1) is 13.6. The molecule has 2 fully saturated rings.